The molecule has 2 atom stereocenters. The van der Waals surface area contributed by atoms with Gasteiger partial charge in [-0.05, 0) is 36.6 Å². The molecule has 0 aliphatic heterocycles. The van der Waals surface area contributed by atoms with Gasteiger partial charge in [-0.15, -0.1) is 24.0 Å². The predicted molar refractivity (Wildman–Crippen MR) is 103 cm³/mol. The first-order valence-electron chi connectivity index (χ1n) is 7.30. The van der Waals surface area contributed by atoms with Gasteiger partial charge in [0.05, 0.1) is 11.4 Å². The summed E-state index contributed by atoms with van der Waals surface area (Å²) in [6.45, 7) is 3.29. The van der Waals surface area contributed by atoms with Crippen LogP contribution in [0.5, 0.6) is 5.75 Å². The molecule has 2 unspecified atom stereocenters. The van der Waals surface area contributed by atoms with Gasteiger partial charge in [-0.1, -0.05) is 6.92 Å². The molecule has 0 saturated heterocycles. The van der Waals surface area contributed by atoms with Crippen molar-refractivity contribution in [3.8, 4) is 5.75 Å². The SMILES string of the molecule is CN=C(NCCOc1ccc(S(C)(=O)=O)cc1)NC1CC1C.I. The molecular weight excluding hydrogens is 429 g/mol. The Bertz CT molecular complexity index is 632. The Morgan fingerprint density at radius 3 is 2.43 bits per heavy atom. The summed E-state index contributed by atoms with van der Waals surface area (Å²) in [5, 5.41) is 6.51. The molecule has 1 aromatic rings. The second-order valence-electron chi connectivity index (χ2n) is 5.55. The van der Waals surface area contributed by atoms with E-state index in [0.717, 1.165) is 5.96 Å². The molecule has 2 rings (SSSR count). The predicted octanol–water partition coefficient (Wildman–Crippen LogP) is 1.66. The quantitative estimate of drug-likeness (QED) is 0.297. The van der Waals surface area contributed by atoms with E-state index >= 15 is 0 Å². The van der Waals surface area contributed by atoms with Gasteiger partial charge in [0.15, 0.2) is 15.8 Å². The molecule has 130 valence electrons. The zero-order valence-electron chi connectivity index (χ0n) is 13.6. The Labute approximate surface area is 155 Å². The van der Waals surface area contributed by atoms with Crippen molar-refractivity contribution >= 4 is 39.8 Å². The fraction of sp³-hybridized carbons (Fsp3) is 0.533. The molecule has 0 spiro atoms. The van der Waals surface area contributed by atoms with E-state index in [1.54, 1.807) is 31.3 Å². The largest absolute Gasteiger partial charge is 0.492 e. The van der Waals surface area contributed by atoms with Gasteiger partial charge >= 0.3 is 0 Å². The van der Waals surface area contributed by atoms with E-state index in [1.165, 1.54) is 12.7 Å². The van der Waals surface area contributed by atoms with E-state index in [-0.39, 0.29) is 24.0 Å². The second kappa shape index (κ2) is 8.72. The highest BCUT2D eigenvalue weighted by molar-refractivity contribution is 14.0. The van der Waals surface area contributed by atoms with Crippen molar-refractivity contribution in [2.75, 3.05) is 26.5 Å². The van der Waals surface area contributed by atoms with Gasteiger partial charge in [0, 0.05) is 19.3 Å². The van der Waals surface area contributed by atoms with Crippen molar-refractivity contribution in [1.82, 2.24) is 10.6 Å². The third kappa shape index (κ3) is 6.54. The van der Waals surface area contributed by atoms with Crippen LogP contribution >= 0.6 is 24.0 Å². The van der Waals surface area contributed by atoms with Crippen LogP contribution in [0.2, 0.25) is 0 Å². The normalized spacial score (nSPS) is 20.4. The van der Waals surface area contributed by atoms with Crippen molar-refractivity contribution in [1.29, 1.82) is 0 Å². The molecule has 1 aromatic carbocycles. The van der Waals surface area contributed by atoms with E-state index in [2.05, 4.69) is 22.5 Å². The molecule has 1 aliphatic rings. The highest BCUT2D eigenvalue weighted by Gasteiger charge is 2.33. The first-order valence-corrected chi connectivity index (χ1v) is 9.19. The molecule has 6 nitrogen and oxygen atoms in total. The highest BCUT2D eigenvalue weighted by Crippen LogP contribution is 2.28. The summed E-state index contributed by atoms with van der Waals surface area (Å²) in [6.07, 6.45) is 2.37. The minimum atomic E-state index is -3.16. The molecule has 0 heterocycles. The summed E-state index contributed by atoms with van der Waals surface area (Å²) in [5.74, 6) is 2.14. The average Bonchev–Trinajstić information content (AvgIpc) is 3.17. The van der Waals surface area contributed by atoms with Crippen LogP contribution in [0.15, 0.2) is 34.2 Å². The molecular formula is C15H24IN3O3S. The molecule has 1 saturated carbocycles. The van der Waals surface area contributed by atoms with Crippen LogP contribution in [0.4, 0.5) is 0 Å². The van der Waals surface area contributed by atoms with Gasteiger partial charge in [-0.25, -0.2) is 8.42 Å². The number of aliphatic imine (C=N–C) groups is 1. The van der Waals surface area contributed by atoms with E-state index in [9.17, 15) is 8.42 Å². The zero-order chi connectivity index (χ0) is 16.2. The second-order valence-corrected chi connectivity index (χ2v) is 7.57. The van der Waals surface area contributed by atoms with Gasteiger partial charge in [0.1, 0.15) is 12.4 Å². The van der Waals surface area contributed by atoms with Crippen LogP contribution in [-0.2, 0) is 9.84 Å². The van der Waals surface area contributed by atoms with Crippen molar-refractivity contribution in [2.45, 2.75) is 24.3 Å². The number of sulfone groups is 1. The van der Waals surface area contributed by atoms with Gasteiger partial charge in [-0.2, -0.15) is 0 Å². The van der Waals surface area contributed by atoms with E-state index in [4.69, 9.17) is 4.74 Å². The lowest BCUT2D eigenvalue weighted by atomic mass is 10.3. The Hall–Kier alpha value is -1.03. The van der Waals surface area contributed by atoms with Crippen LogP contribution in [0, 0.1) is 5.92 Å². The number of hydrogen-bond donors (Lipinski definition) is 2. The maximum Gasteiger partial charge on any atom is 0.191 e. The summed E-state index contributed by atoms with van der Waals surface area (Å²) in [6, 6.07) is 6.95. The number of guanidine groups is 1. The van der Waals surface area contributed by atoms with Crippen molar-refractivity contribution in [3.63, 3.8) is 0 Å². The minimum absolute atomic E-state index is 0. The minimum Gasteiger partial charge on any atom is -0.492 e. The molecule has 23 heavy (non-hydrogen) atoms. The monoisotopic (exact) mass is 453 g/mol. The molecule has 2 N–H and O–H groups in total. The van der Waals surface area contributed by atoms with Crippen LogP contribution in [0.1, 0.15) is 13.3 Å². The van der Waals surface area contributed by atoms with Gasteiger partial charge in [0.2, 0.25) is 0 Å². The number of ether oxygens (including phenoxy) is 1. The molecule has 0 bridgehead atoms. The summed E-state index contributed by atoms with van der Waals surface area (Å²) in [4.78, 5) is 4.45. The van der Waals surface area contributed by atoms with Crippen LogP contribution < -0.4 is 15.4 Å². The lowest BCUT2D eigenvalue weighted by Crippen LogP contribution is -2.40. The number of rotatable bonds is 6. The summed E-state index contributed by atoms with van der Waals surface area (Å²) in [5.41, 5.74) is 0. The van der Waals surface area contributed by atoms with Crippen LogP contribution in [-0.4, -0.2) is 46.9 Å². The fourth-order valence-electron chi connectivity index (χ4n) is 2.01. The maximum atomic E-state index is 11.4. The Morgan fingerprint density at radius 2 is 1.96 bits per heavy atom. The number of nitrogens with one attached hydrogen (secondary N) is 2. The van der Waals surface area contributed by atoms with Crippen molar-refractivity contribution in [2.24, 2.45) is 10.9 Å². The first kappa shape index (κ1) is 20.0. The highest BCUT2D eigenvalue weighted by atomic mass is 127. The molecule has 1 aliphatic carbocycles. The van der Waals surface area contributed by atoms with Crippen molar-refractivity contribution in [3.05, 3.63) is 24.3 Å². The van der Waals surface area contributed by atoms with Gasteiger partial charge in [0.25, 0.3) is 0 Å². The van der Waals surface area contributed by atoms with E-state index in [0.29, 0.717) is 35.8 Å². The zero-order valence-corrected chi connectivity index (χ0v) is 16.7. The molecule has 1 fully saturated rings. The lowest BCUT2D eigenvalue weighted by molar-refractivity contribution is 0.321. The number of hydrogen-bond acceptors (Lipinski definition) is 4. The maximum absolute atomic E-state index is 11.4. The lowest BCUT2D eigenvalue weighted by Gasteiger charge is -2.12. The standard InChI is InChI=1S/C15H23N3O3S.HI/c1-11-10-14(11)18-15(16-2)17-8-9-21-12-4-6-13(7-5-12)22(3,19)20;/h4-7,11,14H,8-10H2,1-3H3,(H2,16,17,18);1H. The van der Waals surface area contributed by atoms with Gasteiger partial charge in [-0.3, -0.25) is 4.99 Å². The molecule has 0 aromatic heterocycles. The van der Waals surface area contributed by atoms with E-state index in [1.807, 2.05) is 0 Å². The van der Waals surface area contributed by atoms with Crippen LogP contribution in [0.25, 0.3) is 0 Å². The Kier molecular flexibility index (Phi) is 7.59. The topological polar surface area (TPSA) is 79.8 Å². The third-order valence-corrected chi connectivity index (χ3v) is 4.70. The van der Waals surface area contributed by atoms with Gasteiger partial charge < -0.3 is 15.4 Å². The average molecular weight is 453 g/mol. The summed E-state index contributed by atoms with van der Waals surface area (Å²) < 4.78 is 28.3. The summed E-state index contributed by atoms with van der Waals surface area (Å²) >= 11 is 0. The Morgan fingerprint density at radius 1 is 1.35 bits per heavy atom. The van der Waals surface area contributed by atoms with Crippen LogP contribution in [0.3, 0.4) is 0 Å². The first-order chi connectivity index (χ1) is 10.4. The number of nitrogens with zero attached hydrogens (tertiary/aromatic N) is 1. The Balaban J connectivity index is 0.00000264. The number of halogens is 1. The molecule has 8 heteroatoms. The third-order valence-electron chi connectivity index (χ3n) is 3.57. The summed E-state index contributed by atoms with van der Waals surface area (Å²) in [7, 11) is -1.42. The van der Waals surface area contributed by atoms with Crippen molar-refractivity contribution < 1.29 is 13.2 Å². The smallest absolute Gasteiger partial charge is 0.191 e. The molecule has 0 radical (unpaired) electrons. The van der Waals surface area contributed by atoms with E-state index < -0.39 is 9.84 Å². The molecule has 0 amide bonds. The fourth-order valence-corrected chi connectivity index (χ4v) is 2.65. The number of benzene rings is 1.